The van der Waals surface area contributed by atoms with E-state index in [2.05, 4.69) is 0 Å². The van der Waals surface area contributed by atoms with E-state index < -0.39 is 12.1 Å². The molecule has 0 amide bonds. The van der Waals surface area contributed by atoms with Gasteiger partial charge in [-0.05, 0) is 18.6 Å². The third-order valence-corrected chi connectivity index (χ3v) is 2.40. The molecule has 0 saturated heterocycles. The lowest BCUT2D eigenvalue weighted by Gasteiger charge is -2.11. The molecule has 3 nitrogen and oxygen atoms in total. The summed E-state index contributed by atoms with van der Waals surface area (Å²) in [5.74, 6) is -0.369. The van der Waals surface area contributed by atoms with Gasteiger partial charge < -0.3 is 9.84 Å². The van der Waals surface area contributed by atoms with Crippen molar-refractivity contribution >= 4 is 5.97 Å². The first-order chi connectivity index (χ1) is 7.68. The maximum atomic E-state index is 10.7. The van der Waals surface area contributed by atoms with E-state index in [0.29, 0.717) is 5.75 Å². The summed E-state index contributed by atoms with van der Waals surface area (Å²) in [5.41, 5.74) is 1.97. The van der Waals surface area contributed by atoms with Gasteiger partial charge >= 0.3 is 5.97 Å². The molecule has 0 aromatic rings. The highest BCUT2D eigenvalue weighted by Gasteiger charge is 2.15. The Bertz CT molecular complexity index is 479. The second kappa shape index (κ2) is 4.23. The van der Waals surface area contributed by atoms with Crippen LogP contribution in [0.25, 0.3) is 11.1 Å². The van der Waals surface area contributed by atoms with Crippen LogP contribution in [0, 0.1) is 0 Å². The van der Waals surface area contributed by atoms with Gasteiger partial charge in [0.1, 0.15) is 5.75 Å². The van der Waals surface area contributed by atoms with Crippen molar-refractivity contribution in [2.45, 2.75) is 13.0 Å². The molecule has 0 radical (unpaired) electrons. The Kier molecular flexibility index (Phi) is 2.77. The number of ether oxygens (including phenoxy) is 1. The van der Waals surface area contributed by atoms with E-state index in [0.717, 1.165) is 11.1 Å². The molecule has 0 heterocycles. The normalized spacial score (nSPS) is 12.3. The number of carboxylic acids is 1. The van der Waals surface area contributed by atoms with E-state index in [9.17, 15) is 4.79 Å². The van der Waals surface area contributed by atoms with Crippen LogP contribution in [-0.2, 0) is 4.79 Å². The van der Waals surface area contributed by atoms with Gasteiger partial charge in [-0.3, -0.25) is 0 Å². The van der Waals surface area contributed by atoms with Crippen LogP contribution in [0.2, 0.25) is 0 Å². The van der Waals surface area contributed by atoms with Crippen molar-refractivity contribution in [1.29, 1.82) is 0 Å². The summed E-state index contributed by atoms with van der Waals surface area (Å²) in [7, 11) is 0. The maximum absolute atomic E-state index is 10.7. The van der Waals surface area contributed by atoms with E-state index in [4.69, 9.17) is 9.84 Å². The van der Waals surface area contributed by atoms with Gasteiger partial charge in [0.25, 0.3) is 0 Å². The van der Waals surface area contributed by atoms with Crippen LogP contribution in [-0.4, -0.2) is 17.2 Å². The lowest BCUT2D eigenvalue weighted by molar-refractivity contribution is -0.144. The van der Waals surface area contributed by atoms with Crippen molar-refractivity contribution in [1.82, 2.24) is 0 Å². The van der Waals surface area contributed by atoms with Gasteiger partial charge in [-0.2, -0.15) is 0 Å². The summed E-state index contributed by atoms with van der Waals surface area (Å²) in [6.45, 7) is 1.52. The second-order valence-electron chi connectivity index (χ2n) is 3.58. The Labute approximate surface area is 93.6 Å². The molecule has 0 aliphatic heterocycles. The van der Waals surface area contributed by atoms with Gasteiger partial charge in [-0.1, -0.05) is 36.4 Å². The fraction of sp³-hybridized carbons (Fsp3) is 0.154. The largest absolute Gasteiger partial charge is 0.479 e. The molecule has 0 bridgehead atoms. The third kappa shape index (κ3) is 1.98. The molecule has 2 rings (SSSR count). The van der Waals surface area contributed by atoms with Gasteiger partial charge in [0.2, 0.25) is 0 Å². The molecule has 3 heteroatoms. The lowest BCUT2D eigenvalue weighted by Crippen LogP contribution is -2.22. The van der Waals surface area contributed by atoms with E-state index in [1.54, 1.807) is 6.07 Å². The van der Waals surface area contributed by atoms with Crippen LogP contribution in [0.3, 0.4) is 0 Å². The molecule has 1 unspecified atom stereocenters. The Morgan fingerprint density at radius 1 is 1.19 bits per heavy atom. The average Bonchev–Trinajstić information content (AvgIpc) is 2.63. The van der Waals surface area contributed by atoms with Crippen LogP contribution < -0.4 is 4.74 Å². The predicted octanol–water partition coefficient (Wildman–Crippen LogP) is 2.64. The molecular weight excluding hydrogens is 204 g/mol. The number of aliphatic carboxylic acids is 1. The van der Waals surface area contributed by atoms with Gasteiger partial charge in [-0.15, -0.1) is 0 Å². The first kappa shape index (κ1) is 10.5. The molecule has 0 fully saturated rings. The fourth-order valence-corrected chi connectivity index (χ4v) is 1.54. The van der Waals surface area contributed by atoms with Gasteiger partial charge in [0.15, 0.2) is 6.10 Å². The quantitative estimate of drug-likeness (QED) is 0.857. The molecule has 2 aliphatic carbocycles. The zero-order valence-corrected chi connectivity index (χ0v) is 8.88. The summed E-state index contributed by atoms with van der Waals surface area (Å²) in [6, 6.07) is 13.3. The maximum Gasteiger partial charge on any atom is 0.344 e. The number of hydrogen-bond donors (Lipinski definition) is 1. The highest BCUT2D eigenvalue weighted by molar-refractivity contribution is 5.75. The third-order valence-electron chi connectivity index (χ3n) is 2.40. The second-order valence-corrected chi connectivity index (χ2v) is 3.58. The fourth-order valence-electron chi connectivity index (χ4n) is 1.54. The van der Waals surface area contributed by atoms with Crippen molar-refractivity contribution in [2.75, 3.05) is 0 Å². The van der Waals surface area contributed by atoms with Crippen molar-refractivity contribution in [3.63, 3.8) is 0 Å². The van der Waals surface area contributed by atoms with E-state index in [-0.39, 0.29) is 0 Å². The van der Waals surface area contributed by atoms with Crippen LogP contribution in [0.15, 0.2) is 42.5 Å². The Hall–Kier alpha value is -2.03. The molecule has 1 N–H and O–H groups in total. The number of carboxylic acid groups (broad SMARTS) is 1. The highest BCUT2D eigenvalue weighted by Crippen LogP contribution is 2.31. The standard InChI is InChI=1S/C13H12O3/c1-9(13(14)15)16-12-8-3-2-5-10-6-4-7-11(10)12/h2-9H,1H3,(H,14,15). The zero-order chi connectivity index (χ0) is 11.5. The number of fused-ring (bicyclic) bond motifs is 1. The topological polar surface area (TPSA) is 46.5 Å². The van der Waals surface area contributed by atoms with Gasteiger partial charge in [0.05, 0.1) is 0 Å². The first-order valence-corrected chi connectivity index (χ1v) is 5.05. The minimum Gasteiger partial charge on any atom is -0.479 e. The van der Waals surface area contributed by atoms with Crippen LogP contribution >= 0.6 is 0 Å². The van der Waals surface area contributed by atoms with Gasteiger partial charge in [0, 0.05) is 5.56 Å². The number of carbonyl (C=O) groups is 1. The average molecular weight is 216 g/mol. The van der Waals surface area contributed by atoms with Crippen molar-refractivity contribution < 1.29 is 14.6 Å². The van der Waals surface area contributed by atoms with Crippen molar-refractivity contribution in [3.8, 4) is 16.9 Å². The SMILES string of the molecule is CC(Oc1ccccc2cccc1-2)C(=O)O. The summed E-state index contributed by atoms with van der Waals surface area (Å²) >= 11 is 0. The van der Waals surface area contributed by atoms with Gasteiger partial charge in [-0.25, -0.2) is 4.79 Å². The molecule has 82 valence electrons. The summed E-state index contributed by atoms with van der Waals surface area (Å²) in [6.07, 6.45) is -0.847. The van der Waals surface area contributed by atoms with Crippen LogP contribution in [0.4, 0.5) is 0 Å². The first-order valence-electron chi connectivity index (χ1n) is 5.05. The minimum atomic E-state index is -0.966. The summed E-state index contributed by atoms with van der Waals surface area (Å²) < 4.78 is 5.41. The summed E-state index contributed by atoms with van der Waals surface area (Å²) in [5, 5.41) is 8.80. The smallest absolute Gasteiger partial charge is 0.344 e. The molecular formula is C13H12O3. The lowest BCUT2D eigenvalue weighted by atomic mass is 10.2. The predicted molar refractivity (Wildman–Crippen MR) is 60.8 cm³/mol. The number of rotatable bonds is 3. The molecule has 1 atom stereocenters. The molecule has 0 aromatic heterocycles. The Morgan fingerprint density at radius 3 is 2.62 bits per heavy atom. The molecule has 16 heavy (non-hydrogen) atoms. The molecule has 2 aliphatic rings. The van der Waals surface area contributed by atoms with Crippen LogP contribution in [0.1, 0.15) is 6.92 Å². The summed E-state index contributed by atoms with van der Waals surface area (Å²) in [4.78, 5) is 10.7. The zero-order valence-electron chi connectivity index (χ0n) is 8.88. The molecule has 0 aromatic carbocycles. The minimum absolute atomic E-state index is 0.597. The van der Waals surface area contributed by atoms with Crippen molar-refractivity contribution in [2.24, 2.45) is 0 Å². The van der Waals surface area contributed by atoms with Crippen molar-refractivity contribution in [3.05, 3.63) is 42.5 Å². The van der Waals surface area contributed by atoms with E-state index in [1.807, 2.05) is 36.4 Å². The number of hydrogen-bond acceptors (Lipinski definition) is 2. The van der Waals surface area contributed by atoms with E-state index >= 15 is 0 Å². The molecule has 0 spiro atoms. The monoisotopic (exact) mass is 216 g/mol. The Balaban J connectivity index is 2.36. The molecule has 0 saturated carbocycles. The van der Waals surface area contributed by atoms with E-state index in [1.165, 1.54) is 6.92 Å². The Morgan fingerprint density at radius 2 is 1.88 bits per heavy atom. The van der Waals surface area contributed by atoms with Crippen LogP contribution in [0.5, 0.6) is 5.75 Å². The highest BCUT2D eigenvalue weighted by atomic mass is 16.5.